The van der Waals surface area contributed by atoms with Gasteiger partial charge in [-0.1, -0.05) is 25.8 Å². The van der Waals surface area contributed by atoms with Crippen LogP contribution in [0.1, 0.15) is 61.2 Å². The van der Waals surface area contributed by atoms with Gasteiger partial charge in [-0.3, -0.25) is 19.6 Å². The Bertz CT molecular complexity index is 1590. The minimum absolute atomic E-state index is 0.00782. The second kappa shape index (κ2) is 15.3. The zero-order valence-corrected chi connectivity index (χ0v) is 24.7. The van der Waals surface area contributed by atoms with Crippen molar-refractivity contribution in [3.05, 3.63) is 72.1 Å². The first-order valence-electron chi connectivity index (χ1n) is 14.2. The Balaban J connectivity index is 0.000000296. The lowest BCUT2D eigenvalue weighted by Crippen LogP contribution is -2.29. The van der Waals surface area contributed by atoms with Crippen LogP contribution in [0.5, 0.6) is 5.75 Å². The molecule has 0 spiro atoms. The topological polar surface area (TPSA) is 171 Å². The normalized spacial score (nSPS) is 13.0. The van der Waals surface area contributed by atoms with Gasteiger partial charge >= 0.3 is 0 Å². The van der Waals surface area contributed by atoms with Crippen LogP contribution in [0.4, 0.5) is 0 Å². The summed E-state index contributed by atoms with van der Waals surface area (Å²) < 4.78 is 15.8. The third-order valence-electron chi connectivity index (χ3n) is 6.52. The number of carbonyl (C=O) groups excluding carboxylic acids is 2. The predicted molar refractivity (Wildman–Crippen MR) is 163 cm³/mol. The number of hydrogen-bond donors (Lipinski definition) is 3. The fourth-order valence-electron chi connectivity index (χ4n) is 4.25. The SMILES string of the molecule is CCCCCC(=O)c1ncco1.COc1cc2nc(C)ccc2cc1-c1cnc(CNC(=O)/C(N)=C/C2=NCCCO2)[nH]1. The number of fused-ring (bicyclic) bond motifs is 1. The van der Waals surface area contributed by atoms with E-state index in [-0.39, 0.29) is 23.9 Å². The van der Waals surface area contributed by atoms with Gasteiger partial charge in [-0.25, -0.2) is 9.97 Å². The van der Waals surface area contributed by atoms with Gasteiger partial charge in [0.1, 0.15) is 23.5 Å². The highest BCUT2D eigenvalue weighted by atomic mass is 16.5. The predicted octanol–water partition coefficient (Wildman–Crippen LogP) is 4.66. The molecule has 3 aromatic heterocycles. The van der Waals surface area contributed by atoms with Crippen molar-refractivity contribution in [2.24, 2.45) is 10.7 Å². The monoisotopic (exact) mass is 587 g/mol. The Hall–Kier alpha value is -5.00. The number of aromatic amines is 1. The molecule has 1 aliphatic heterocycles. The highest BCUT2D eigenvalue weighted by Crippen LogP contribution is 2.32. The molecule has 0 fully saturated rings. The van der Waals surface area contributed by atoms with Crippen molar-refractivity contribution in [2.75, 3.05) is 20.3 Å². The van der Waals surface area contributed by atoms with Crippen molar-refractivity contribution >= 4 is 28.5 Å². The van der Waals surface area contributed by atoms with Crippen molar-refractivity contribution < 1.29 is 23.5 Å². The largest absolute Gasteiger partial charge is 0.496 e. The fraction of sp³-hybridized carbons (Fsp3) is 0.355. The van der Waals surface area contributed by atoms with Gasteiger partial charge in [-0.2, -0.15) is 0 Å². The highest BCUT2D eigenvalue weighted by molar-refractivity contribution is 6.00. The minimum Gasteiger partial charge on any atom is -0.496 e. The van der Waals surface area contributed by atoms with E-state index in [0.717, 1.165) is 53.5 Å². The van der Waals surface area contributed by atoms with Crippen LogP contribution in [0.25, 0.3) is 22.2 Å². The number of amides is 1. The molecule has 4 aromatic rings. The second-order valence-electron chi connectivity index (χ2n) is 9.86. The summed E-state index contributed by atoms with van der Waals surface area (Å²) in [7, 11) is 1.62. The van der Waals surface area contributed by atoms with Gasteiger partial charge < -0.3 is 29.9 Å². The van der Waals surface area contributed by atoms with E-state index in [2.05, 4.69) is 37.2 Å². The molecule has 43 heavy (non-hydrogen) atoms. The number of Topliss-reactive ketones (excluding diaryl/α,β-unsaturated/α-hetero) is 1. The van der Waals surface area contributed by atoms with Crippen LogP contribution in [0.15, 0.2) is 64.1 Å². The maximum absolute atomic E-state index is 12.3. The number of imidazole rings is 1. The first-order valence-corrected chi connectivity index (χ1v) is 14.2. The number of hydrogen-bond acceptors (Lipinski definition) is 10. The summed E-state index contributed by atoms with van der Waals surface area (Å²) in [6.45, 7) is 5.50. The van der Waals surface area contributed by atoms with Crippen LogP contribution < -0.4 is 15.8 Å². The van der Waals surface area contributed by atoms with Crippen LogP contribution in [-0.2, 0) is 16.1 Å². The number of aromatic nitrogens is 4. The van der Waals surface area contributed by atoms with E-state index in [0.29, 0.717) is 37.0 Å². The molecule has 0 aliphatic carbocycles. The van der Waals surface area contributed by atoms with Crippen molar-refractivity contribution in [1.82, 2.24) is 25.3 Å². The van der Waals surface area contributed by atoms with E-state index in [1.165, 1.54) is 18.5 Å². The number of H-pyrrole nitrogens is 1. The molecule has 4 N–H and O–H groups in total. The van der Waals surface area contributed by atoms with Gasteiger partial charge in [0.2, 0.25) is 11.7 Å². The number of nitrogens with zero attached hydrogens (tertiary/aromatic N) is 4. The van der Waals surface area contributed by atoms with Crippen molar-refractivity contribution in [3.8, 4) is 17.0 Å². The van der Waals surface area contributed by atoms with Crippen LogP contribution in [0.2, 0.25) is 0 Å². The van der Waals surface area contributed by atoms with E-state index in [1.807, 2.05) is 31.2 Å². The number of oxazole rings is 1. The van der Waals surface area contributed by atoms with Gasteiger partial charge in [0, 0.05) is 48.2 Å². The molecular weight excluding hydrogens is 550 g/mol. The van der Waals surface area contributed by atoms with E-state index in [1.54, 1.807) is 13.3 Å². The highest BCUT2D eigenvalue weighted by Gasteiger charge is 2.14. The quantitative estimate of drug-likeness (QED) is 0.128. The minimum atomic E-state index is -0.417. The molecule has 1 amide bonds. The summed E-state index contributed by atoms with van der Waals surface area (Å²) in [5, 5.41) is 3.74. The average molecular weight is 588 g/mol. The second-order valence-corrected chi connectivity index (χ2v) is 9.86. The summed E-state index contributed by atoms with van der Waals surface area (Å²) in [5.74, 6) is 1.49. The average Bonchev–Trinajstić information content (AvgIpc) is 3.73. The molecule has 226 valence electrons. The molecule has 1 aliphatic rings. The summed E-state index contributed by atoms with van der Waals surface area (Å²) >= 11 is 0. The fourth-order valence-corrected chi connectivity index (χ4v) is 4.25. The molecule has 5 rings (SSSR count). The van der Waals surface area contributed by atoms with Crippen LogP contribution in [0.3, 0.4) is 0 Å². The van der Waals surface area contributed by atoms with Crippen LogP contribution >= 0.6 is 0 Å². The molecule has 0 saturated carbocycles. The summed E-state index contributed by atoms with van der Waals surface area (Å²) in [4.78, 5) is 43.6. The molecule has 4 heterocycles. The van der Waals surface area contributed by atoms with Crippen molar-refractivity contribution in [1.29, 1.82) is 0 Å². The number of nitrogens with two attached hydrogens (primary N) is 1. The number of benzene rings is 1. The summed E-state index contributed by atoms with van der Waals surface area (Å²) in [6, 6.07) is 7.89. The van der Waals surface area contributed by atoms with E-state index >= 15 is 0 Å². The van der Waals surface area contributed by atoms with Crippen LogP contribution in [-0.4, -0.2) is 57.8 Å². The molecule has 1 aromatic carbocycles. The first-order chi connectivity index (χ1) is 20.9. The number of unbranched alkanes of at least 4 members (excludes halogenated alkanes) is 2. The smallest absolute Gasteiger partial charge is 0.267 e. The maximum Gasteiger partial charge on any atom is 0.267 e. The standard InChI is InChI=1S/C22H24N6O3.C9H13NO2/c1-13-4-5-14-8-15(19(30-2)10-17(14)27-13)18-11-25-20(28-18)12-26-22(29)16(23)9-21-24-6-3-7-31-21;1-2-3-4-5-8(11)9-10-6-7-12-9/h4-5,8-11H,3,6-7,12,23H2,1-2H3,(H,25,28)(H,26,29);6-7H,2-5H2,1H3/b16-9-;. The van der Waals surface area contributed by atoms with Gasteiger partial charge in [-0.05, 0) is 25.5 Å². The first kappa shape index (κ1) is 30.9. The number of ether oxygens (including phenoxy) is 2. The number of rotatable bonds is 11. The van der Waals surface area contributed by atoms with Gasteiger partial charge in [0.05, 0.1) is 43.9 Å². The lowest BCUT2D eigenvalue weighted by atomic mass is 10.1. The Labute approximate surface area is 249 Å². The number of carbonyl (C=O) groups is 2. The van der Waals surface area contributed by atoms with E-state index in [4.69, 9.17) is 19.6 Å². The Morgan fingerprint density at radius 1 is 1.21 bits per heavy atom. The molecule has 12 nitrogen and oxygen atoms in total. The zero-order chi connectivity index (χ0) is 30.6. The van der Waals surface area contributed by atoms with Crippen LogP contribution in [0, 0.1) is 6.92 Å². The van der Waals surface area contributed by atoms with E-state index < -0.39 is 5.91 Å². The third kappa shape index (κ3) is 8.74. The molecule has 0 radical (unpaired) electrons. The zero-order valence-electron chi connectivity index (χ0n) is 24.7. The molecule has 12 heteroatoms. The maximum atomic E-state index is 12.3. The molecular formula is C31H37N7O5. The number of ketones is 1. The third-order valence-corrected chi connectivity index (χ3v) is 6.52. The van der Waals surface area contributed by atoms with Crippen molar-refractivity contribution in [2.45, 2.75) is 52.5 Å². The lowest BCUT2D eigenvalue weighted by Gasteiger charge is -2.11. The number of nitrogens with one attached hydrogen (secondary N) is 2. The van der Waals surface area contributed by atoms with Gasteiger partial charge in [0.15, 0.2) is 0 Å². The Kier molecular flexibility index (Phi) is 11.0. The summed E-state index contributed by atoms with van der Waals surface area (Å²) in [5.41, 5.74) is 9.32. The number of pyridine rings is 1. The van der Waals surface area contributed by atoms with Gasteiger partial charge in [-0.15, -0.1) is 0 Å². The molecule has 0 atom stereocenters. The summed E-state index contributed by atoms with van der Waals surface area (Å²) in [6.07, 6.45) is 10.6. The Morgan fingerprint density at radius 3 is 2.79 bits per heavy atom. The van der Waals surface area contributed by atoms with E-state index in [9.17, 15) is 9.59 Å². The molecule has 0 saturated heterocycles. The molecule has 0 unspecified atom stereocenters. The van der Waals surface area contributed by atoms with Gasteiger partial charge in [0.25, 0.3) is 11.8 Å². The lowest BCUT2D eigenvalue weighted by molar-refractivity contribution is -0.117. The van der Waals surface area contributed by atoms with Crippen molar-refractivity contribution in [3.63, 3.8) is 0 Å². The number of aryl methyl sites for hydroxylation is 1. The number of aliphatic imine (C=N–C) groups is 1. The Morgan fingerprint density at radius 2 is 2.07 bits per heavy atom. The molecule has 0 bridgehead atoms. The number of methoxy groups -OCH3 is 1.